The van der Waals surface area contributed by atoms with Crippen molar-refractivity contribution in [3.05, 3.63) is 94.5 Å². The van der Waals surface area contributed by atoms with E-state index < -0.39 is 0 Å². The maximum Gasteiger partial charge on any atom is 0.322 e. The average molecular weight is 466 g/mol. The van der Waals surface area contributed by atoms with Crippen molar-refractivity contribution < 1.29 is 9.59 Å². The summed E-state index contributed by atoms with van der Waals surface area (Å²) in [6, 6.07) is 22.2. The Morgan fingerprint density at radius 2 is 1.83 bits per heavy atom. The van der Waals surface area contributed by atoms with E-state index in [2.05, 4.69) is 28.1 Å². The molecule has 5 rings (SSSR count). The number of anilines is 2. The molecule has 176 valence electrons. The zero-order valence-electron chi connectivity index (χ0n) is 19.4. The van der Waals surface area contributed by atoms with Gasteiger partial charge in [-0.2, -0.15) is 5.26 Å². The van der Waals surface area contributed by atoms with Crippen LogP contribution in [0.15, 0.2) is 66.7 Å². The molecule has 0 radical (unpaired) electrons. The number of likely N-dealkylation sites (tertiary alicyclic amines) is 1. The lowest BCUT2D eigenvalue weighted by Gasteiger charge is -2.25. The van der Waals surface area contributed by atoms with E-state index in [9.17, 15) is 9.59 Å². The monoisotopic (exact) mass is 465 g/mol. The van der Waals surface area contributed by atoms with Gasteiger partial charge in [0.1, 0.15) is 0 Å². The molecular weight excluding hydrogens is 438 g/mol. The number of benzene rings is 3. The highest BCUT2D eigenvalue weighted by atomic mass is 16.2. The van der Waals surface area contributed by atoms with Gasteiger partial charge in [0.15, 0.2) is 0 Å². The normalized spacial score (nSPS) is 16.8. The van der Waals surface area contributed by atoms with Gasteiger partial charge >= 0.3 is 6.03 Å². The van der Waals surface area contributed by atoms with Crippen LogP contribution in [0.2, 0.25) is 0 Å². The number of nitrogens with zero attached hydrogens (tertiary/aromatic N) is 2. The number of nitriles is 1. The Morgan fingerprint density at radius 1 is 0.971 bits per heavy atom. The summed E-state index contributed by atoms with van der Waals surface area (Å²) in [5, 5.41) is 18.4. The minimum Gasteiger partial charge on any atom is -0.322 e. The Kier molecular flexibility index (Phi) is 6.47. The molecule has 7 nitrogen and oxygen atoms in total. The lowest BCUT2D eigenvalue weighted by Crippen LogP contribution is -2.34. The van der Waals surface area contributed by atoms with Gasteiger partial charge in [0, 0.05) is 30.0 Å². The summed E-state index contributed by atoms with van der Waals surface area (Å²) in [4.78, 5) is 27.8. The summed E-state index contributed by atoms with van der Waals surface area (Å²) in [5.41, 5.74) is 5.91. The van der Waals surface area contributed by atoms with Crippen molar-refractivity contribution >= 4 is 23.3 Å². The van der Waals surface area contributed by atoms with Gasteiger partial charge in [0.2, 0.25) is 0 Å². The first kappa shape index (κ1) is 22.6. The number of nitrogens with one attached hydrogen (secondary N) is 3. The number of carbonyl (C=O) groups excluding carboxylic acids is 2. The molecule has 0 aliphatic carbocycles. The molecule has 3 aromatic carbocycles. The Balaban J connectivity index is 1.29. The van der Waals surface area contributed by atoms with Crippen LogP contribution in [-0.2, 0) is 13.0 Å². The molecule has 1 saturated heterocycles. The fourth-order valence-electron chi connectivity index (χ4n) is 4.87. The summed E-state index contributed by atoms with van der Waals surface area (Å²) in [6.07, 6.45) is 2.71. The van der Waals surface area contributed by atoms with Crippen LogP contribution >= 0.6 is 0 Å². The van der Waals surface area contributed by atoms with E-state index in [-0.39, 0.29) is 18.0 Å². The number of carbonyl (C=O) groups is 2. The summed E-state index contributed by atoms with van der Waals surface area (Å²) >= 11 is 0. The van der Waals surface area contributed by atoms with Gasteiger partial charge in [-0.3, -0.25) is 4.79 Å². The summed E-state index contributed by atoms with van der Waals surface area (Å²) in [7, 11) is 0. The van der Waals surface area contributed by atoms with Crippen LogP contribution in [0.3, 0.4) is 0 Å². The number of amides is 3. The lowest BCUT2D eigenvalue weighted by molar-refractivity contribution is 0.102. The van der Waals surface area contributed by atoms with Gasteiger partial charge in [0.05, 0.1) is 17.7 Å². The third kappa shape index (κ3) is 5.03. The van der Waals surface area contributed by atoms with Crippen molar-refractivity contribution in [1.29, 1.82) is 5.26 Å². The Hall–Kier alpha value is -4.15. The van der Waals surface area contributed by atoms with Crippen LogP contribution < -0.4 is 16.0 Å². The minimum absolute atomic E-state index is 0.114. The number of urea groups is 1. The van der Waals surface area contributed by atoms with E-state index in [1.165, 1.54) is 11.1 Å². The minimum atomic E-state index is -0.208. The topological polar surface area (TPSA) is 97.3 Å². The van der Waals surface area contributed by atoms with Gasteiger partial charge in [0.25, 0.3) is 5.91 Å². The van der Waals surface area contributed by atoms with Crippen molar-refractivity contribution in [1.82, 2.24) is 10.2 Å². The highest BCUT2D eigenvalue weighted by molar-refractivity contribution is 6.04. The molecule has 2 aliphatic heterocycles. The molecule has 1 fully saturated rings. The fourth-order valence-corrected chi connectivity index (χ4v) is 4.87. The van der Waals surface area contributed by atoms with Crippen LogP contribution in [0.25, 0.3) is 0 Å². The van der Waals surface area contributed by atoms with E-state index in [4.69, 9.17) is 5.26 Å². The first-order valence-electron chi connectivity index (χ1n) is 11.9. The van der Waals surface area contributed by atoms with E-state index in [1.807, 2.05) is 30.3 Å². The van der Waals surface area contributed by atoms with Crippen molar-refractivity contribution in [2.24, 2.45) is 0 Å². The zero-order chi connectivity index (χ0) is 24.2. The maximum absolute atomic E-state index is 13.0. The molecule has 0 spiro atoms. The summed E-state index contributed by atoms with van der Waals surface area (Å²) in [5.74, 6) is -0.169. The smallest absolute Gasteiger partial charge is 0.322 e. The van der Waals surface area contributed by atoms with E-state index >= 15 is 0 Å². The summed E-state index contributed by atoms with van der Waals surface area (Å²) in [6.45, 7) is 2.43. The molecule has 3 amide bonds. The Labute approximate surface area is 204 Å². The molecule has 2 aliphatic rings. The highest BCUT2D eigenvalue weighted by Crippen LogP contribution is 2.33. The summed E-state index contributed by atoms with van der Waals surface area (Å²) < 4.78 is 0. The van der Waals surface area contributed by atoms with Crippen molar-refractivity contribution in [3.63, 3.8) is 0 Å². The molecule has 0 bridgehead atoms. The van der Waals surface area contributed by atoms with Gasteiger partial charge in [-0.25, -0.2) is 4.79 Å². The van der Waals surface area contributed by atoms with Gasteiger partial charge in [-0.1, -0.05) is 24.3 Å². The van der Waals surface area contributed by atoms with Crippen LogP contribution in [0.1, 0.15) is 51.5 Å². The zero-order valence-corrected chi connectivity index (χ0v) is 19.4. The SMILES string of the molecule is N#Cc1cccc(NC(=O)N2CCC[C@H]2c2cccc(C(=O)Nc3ccc4c(c3)CNCC4)c2)c1. The molecule has 7 heteroatoms. The van der Waals surface area contributed by atoms with Crippen molar-refractivity contribution in [2.75, 3.05) is 23.7 Å². The van der Waals surface area contributed by atoms with Crippen LogP contribution in [-0.4, -0.2) is 29.9 Å². The van der Waals surface area contributed by atoms with Crippen molar-refractivity contribution in [2.45, 2.75) is 31.8 Å². The quantitative estimate of drug-likeness (QED) is 0.514. The number of rotatable bonds is 4. The Morgan fingerprint density at radius 3 is 2.71 bits per heavy atom. The van der Waals surface area contributed by atoms with Crippen LogP contribution in [0.5, 0.6) is 0 Å². The van der Waals surface area contributed by atoms with Crippen LogP contribution in [0, 0.1) is 11.3 Å². The maximum atomic E-state index is 13.0. The van der Waals surface area contributed by atoms with Gasteiger partial charge in [-0.05, 0) is 85.0 Å². The molecule has 1 atom stereocenters. The third-order valence-electron chi connectivity index (χ3n) is 6.64. The molecule has 0 aromatic heterocycles. The first-order chi connectivity index (χ1) is 17.1. The van der Waals surface area contributed by atoms with E-state index in [0.29, 0.717) is 23.4 Å². The fraction of sp³-hybridized carbons (Fsp3) is 0.250. The highest BCUT2D eigenvalue weighted by Gasteiger charge is 2.30. The third-order valence-corrected chi connectivity index (χ3v) is 6.64. The van der Waals surface area contributed by atoms with Crippen molar-refractivity contribution in [3.8, 4) is 6.07 Å². The lowest BCUT2D eigenvalue weighted by atomic mass is 10.00. The molecular formula is C28H27N5O2. The van der Waals surface area contributed by atoms with Gasteiger partial charge < -0.3 is 20.9 Å². The number of fused-ring (bicyclic) bond motifs is 1. The van der Waals surface area contributed by atoms with E-state index in [0.717, 1.165) is 43.6 Å². The predicted octanol–water partition coefficient (Wildman–Crippen LogP) is 4.83. The van der Waals surface area contributed by atoms with E-state index in [1.54, 1.807) is 35.2 Å². The standard InChI is InChI=1S/C28H27N5O2/c29-17-19-4-1-7-24(14-19)32-28(35)33-13-3-8-26(33)21-5-2-6-22(15-21)27(34)31-25-10-9-20-11-12-30-18-23(20)16-25/h1-2,4-7,9-10,14-16,26,30H,3,8,11-13,18H2,(H,31,34)(H,32,35)/t26-/m0/s1. The molecule has 0 saturated carbocycles. The Bertz CT molecular complexity index is 1310. The largest absolute Gasteiger partial charge is 0.322 e. The van der Waals surface area contributed by atoms with Crippen LogP contribution in [0.4, 0.5) is 16.2 Å². The average Bonchev–Trinajstić information content (AvgIpc) is 3.39. The molecule has 2 heterocycles. The second-order valence-corrected chi connectivity index (χ2v) is 8.96. The molecule has 3 N–H and O–H groups in total. The van der Waals surface area contributed by atoms with Gasteiger partial charge in [-0.15, -0.1) is 0 Å². The number of hydrogen-bond donors (Lipinski definition) is 3. The molecule has 3 aromatic rings. The predicted molar refractivity (Wildman–Crippen MR) is 135 cm³/mol. The number of hydrogen-bond acceptors (Lipinski definition) is 4. The first-order valence-corrected chi connectivity index (χ1v) is 11.9. The molecule has 0 unspecified atom stereocenters. The molecule has 35 heavy (non-hydrogen) atoms. The second kappa shape index (κ2) is 10.00. The second-order valence-electron chi connectivity index (χ2n) is 8.96.